The van der Waals surface area contributed by atoms with Crippen LogP contribution in [0.2, 0.25) is 0 Å². The highest BCUT2D eigenvalue weighted by molar-refractivity contribution is 5.69. The van der Waals surface area contributed by atoms with E-state index < -0.39 is 6.10 Å². The fraction of sp³-hybridized carbons (Fsp3) is 0.381. The molecular formula is C21H25F2NO3. The van der Waals surface area contributed by atoms with E-state index in [1.807, 2.05) is 11.8 Å². The molecule has 0 radical (unpaired) electrons. The first-order chi connectivity index (χ1) is 13.0. The van der Waals surface area contributed by atoms with Crippen LogP contribution in [0.15, 0.2) is 48.5 Å². The molecule has 0 saturated carbocycles. The van der Waals surface area contributed by atoms with E-state index in [2.05, 4.69) is 0 Å². The van der Waals surface area contributed by atoms with Gasteiger partial charge in [-0.3, -0.25) is 9.69 Å². The van der Waals surface area contributed by atoms with Gasteiger partial charge in [-0.25, -0.2) is 8.78 Å². The molecule has 146 valence electrons. The van der Waals surface area contributed by atoms with Gasteiger partial charge in [0.15, 0.2) is 0 Å². The van der Waals surface area contributed by atoms with E-state index in [9.17, 15) is 18.7 Å². The Morgan fingerprint density at radius 3 is 1.93 bits per heavy atom. The van der Waals surface area contributed by atoms with Crippen LogP contribution >= 0.6 is 0 Å². The summed E-state index contributed by atoms with van der Waals surface area (Å²) in [6.45, 7) is 3.00. The Hall–Kier alpha value is -2.31. The lowest BCUT2D eigenvalue weighted by Gasteiger charge is -2.25. The van der Waals surface area contributed by atoms with Crippen LogP contribution in [0.1, 0.15) is 30.9 Å². The quantitative estimate of drug-likeness (QED) is 0.642. The van der Waals surface area contributed by atoms with Crippen LogP contribution in [0.3, 0.4) is 0 Å². The van der Waals surface area contributed by atoms with Crippen molar-refractivity contribution in [2.45, 2.75) is 39.0 Å². The monoisotopic (exact) mass is 377 g/mol. The Morgan fingerprint density at radius 2 is 1.48 bits per heavy atom. The Bertz CT molecular complexity index is 657. The number of benzene rings is 2. The van der Waals surface area contributed by atoms with E-state index in [0.717, 1.165) is 11.1 Å². The molecule has 0 spiro atoms. The molecule has 4 nitrogen and oxygen atoms in total. The molecule has 1 unspecified atom stereocenters. The third-order valence-electron chi connectivity index (χ3n) is 4.00. The van der Waals surface area contributed by atoms with Crippen molar-refractivity contribution >= 4 is 5.97 Å². The van der Waals surface area contributed by atoms with Crippen molar-refractivity contribution in [2.24, 2.45) is 0 Å². The smallest absolute Gasteiger partial charge is 0.305 e. The Kier molecular flexibility index (Phi) is 8.36. The van der Waals surface area contributed by atoms with Gasteiger partial charge in [0, 0.05) is 26.1 Å². The second-order valence-corrected chi connectivity index (χ2v) is 6.51. The van der Waals surface area contributed by atoms with E-state index in [1.54, 1.807) is 24.3 Å². The zero-order valence-corrected chi connectivity index (χ0v) is 15.4. The fourth-order valence-electron chi connectivity index (χ4n) is 2.70. The molecule has 6 heteroatoms. The lowest BCUT2D eigenvalue weighted by atomic mass is 10.1. The third kappa shape index (κ3) is 7.85. The van der Waals surface area contributed by atoms with Crippen LogP contribution in [0.4, 0.5) is 8.78 Å². The van der Waals surface area contributed by atoms with E-state index >= 15 is 0 Å². The molecular weight excluding hydrogens is 352 g/mol. The Labute approximate surface area is 158 Å². The number of ether oxygens (including phenoxy) is 1. The van der Waals surface area contributed by atoms with Gasteiger partial charge in [0.2, 0.25) is 0 Å². The second-order valence-electron chi connectivity index (χ2n) is 6.51. The number of halogens is 2. The molecule has 0 bridgehead atoms. The summed E-state index contributed by atoms with van der Waals surface area (Å²) >= 11 is 0. The maximum Gasteiger partial charge on any atom is 0.305 e. The van der Waals surface area contributed by atoms with Crippen molar-refractivity contribution in [1.29, 1.82) is 0 Å². The molecule has 2 rings (SSSR count). The first-order valence-electron chi connectivity index (χ1n) is 9.01. The normalized spacial score (nSPS) is 12.2. The van der Waals surface area contributed by atoms with Crippen molar-refractivity contribution in [3.8, 4) is 0 Å². The standard InChI is InChI=1S/C21H25F2NO3/c1-2-3-21(26)27-15-20(25)14-24(12-16-4-8-18(22)9-5-16)13-17-6-10-19(23)11-7-17/h4-11,20,25H,2-3,12-15H2,1H3. The van der Waals surface area contributed by atoms with Crippen molar-refractivity contribution in [3.05, 3.63) is 71.3 Å². The summed E-state index contributed by atoms with van der Waals surface area (Å²) < 4.78 is 31.3. The molecule has 0 heterocycles. The van der Waals surface area contributed by atoms with Gasteiger partial charge in [-0.15, -0.1) is 0 Å². The third-order valence-corrected chi connectivity index (χ3v) is 4.00. The average Bonchev–Trinajstić information content (AvgIpc) is 2.64. The molecule has 0 aliphatic rings. The van der Waals surface area contributed by atoms with Crippen LogP contribution < -0.4 is 0 Å². The van der Waals surface area contributed by atoms with Crippen molar-refractivity contribution in [3.63, 3.8) is 0 Å². The zero-order valence-electron chi connectivity index (χ0n) is 15.4. The van der Waals surface area contributed by atoms with Gasteiger partial charge in [0.25, 0.3) is 0 Å². The molecule has 0 amide bonds. The van der Waals surface area contributed by atoms with Gasteiger partial charge in [0.05, 0.1) is 0 Å². The summed E-state index contributed by atoms with van der Waals surface area (Å²) in [4.78, 5) is 13.4. The van der Waals surface area contributed by atoms with E-state index in [4.69, 9.17) is 4.74 Å². The van der Waals surface area contributed by atoms with Crippen LogP contribution in [0.5, 0.6) is 0 Å². The number of aliphatic hydroxyl groups excluding tert-OH is 1. The molecule has 0 aliphatic heterocycles. The summed E-state index contributed by atoms with van der Waals surface area (Å²) in [6.07, 6.45) is 0.157. The van der Waals surface area contributed by atoms with Crippen LogP contribution in [0.25, 0.3) is 0 Å². The largest absolute Gasteiger partial charge is 0.463 e. The predicted octanol–water partition coefficient (Wildman–Crippen LogP) is 3.67. The van der Waals surface area contributed by atoms with Gasteiger partial charge in [-0.05, 0) is 41.8 Å². The number of carbonyl (C=O) groups is 1. The number of hydrogen-bond acceptors (Lipinski definition) is 4. The van der Waals surface area contributed by atoms with Crippen molar-refractivity contribution in [1.82, 2.24) is 4.90 Å². The number of carbonyl (C=O) groups excluding carboxylic acids is 1. The average molecular weight is 377 g/mol. The lowest BCUT2D eigenvalue weighted by molar-refractivity contribution is -0.147. The van der Waals surface area contributed by atoms with Crippen molar-refractivity contribution < 1.29 is 23.4 Å². The van der Waals surface area contributed by atoms with Gasteiger partial charge in [-0.1, -0.05) is 31.2 Å². The minimum Gasteiger partial charge on any atom is -0.463 e. The predicted molar refractivity (Wildman–Crippen MR) is 98.8 cm³/mol. The summed E-state index contributed by atoms with van der Waals surface area (Å²) in [5, 5.41) is 10.2. The highest BCUT2D eigenvalue weighted by atomic mass is 19.1. The summed E-state index contributed by atoms with van der Waals surface area (Å²) in [5.74, 6) is -0.960. The van der Waals surface area contributed by atoms with Crippen LogP contribution in [-0.2, 0) is 22.6 Å². The Balaban J connectivity index is 2.00. The number of esters is 1. The molecule has 27 heavy (non-hydrogen) atoms. The first kappa shape index (κ1) is 21.0. The van der Waals surface area contributed by atoms with Gasteiger partial charge < -0.3 is 9.84 Å². The Morgan fingerprint density at radius 1 is 1.00 bits per heavy atom. The minimum atomic E-state index is -0.855. The van der Waals surface area contributed by atoms with Crippen molar-refractivity contribution in [2.75, 3.05) is 13.2 Å². The number of aliphatic hydroxyl groups is 1. The topological polar surface area (TPSA) is 49.8 Å². The van der Waals surface area contributed by atoms with Gasteiger partial charge in [0.1, 0.15) is 24.3 Å². The van der Waals surface area contributed by atoms with E-state index in [1.165, 1.54) is 24.3 Å². The van der Waals surface area contributed by atoms with Crippen LogP contribution in [0, 0.1) is 11.6 Å². The summed E-state index contributed by atoms with van der Waals surface area (Å²) in [7, 11) is 0. The number of nitrogens with zero attached hydrogens (tertiary/aromatic N) is 1. The first-order valence-corrected chi connectivity index (χ1v) is 9.01. The molecule has 1 atom stereocenters. The van der Waals surface area contributed by atoms with Crippen LogP contribution in [-0.4, -0.2) is 35.2 Å². The molecule has 0 aliphatic carbocycles. The minimum absolute atomic E-state index is 0.0812. The molecule has 2 aromatic rings. The highest BCUT2D eigenvalue weighted by Crippen LogP contribution is 2.13. The van der Waals surface area contributed by atoms with E-state index in [-0.39, 0.29) is 30.8 Å². The second kappa shape index (κ2) is 10.7. The maximum absolute atomic E-state index is 13.1. The SMILES string of the molecule is CCCC(=O)OCC(O)CN(Cc1ccc(F)cc1)Cc1ccc(F)cc1. The summed E-state index contributed by atoms with van der Waals surface area (Å²) in [6, 6.07) is 12.3. The highest BCUT2D eigenvalue weighted by Gasteiger charge is 2.15. The lowest BCUT2D eigenvalue weighted by Crippen LogP contribution is -2.34. The molecule has 2 aromatic carbocycles. The zero-order chi connectivity index (χ0) is 19.6. The van der Waals surface area contributed by atoms with E-state index in [0.29, 0.717) is 25.9 Å². The molecule has 0 saturated heterocycles. The molecule has 0 fully saturated rings. The summed E-state index contributed by atoms with van der Waals surface area (Å²) in [5.41, 5.74) is 1.77. The maximum atomic E-state index is 13.1. The van der Waals surface area contributed by atoms with Gasteiger partial charge >= 0.3 is 5.97 Å². The number of rotatable bonds is 10. The molecule has 0 aromatic heterocycles. The molecule has 1 N–H and O–H groups in total. The fourth-order valence-corrected chi connectivity index (χ4v) is 2.70. The number of hydrogen-bond donors (Lipinski definition) is 1. The van der Waals surface area contributed by atoms with Gasteiger partial charge in [-0.2, -0.15) is 0 Å².